The minimum atomic E-state index is 0.174. The number of H-pyrrole nitrogens is 1. The molecule has 3 heteroatoms. The van der Waals surface area contributed by atoms with Gasteiger partial charge in [0.25, 0.3) is 0 Å². The lowest BCUT2D eigenvalue weighted by molar-refractivity contribution is 0.299. The van der Waals surface area contributed by atoms with Gasteiger partial charge in [-0.25, -0.2) is 0 Å². The van der Waals surface area contributed by atoms with Crippen molar-refractivity contribution in [1.29, 1.82) is 0 Å². The van der Waals surface area contributed by atoms with Gasteiger partial charge in [0, 0.05) is 23.7 Å². The first-order valence-corrected chi connectivity index (χ1v) is 4.55. The smallest absolute Gasteiger partial charge is 0.0659 e. The Kier molecular flexibility index (Phi) is 2.25. The zero-order valence-electron chi connectivity index (χ0n) is 7.05. The van der Waals surface area contributed by atoms with Crippen molar-refractivity contribution < 1.29 is 5.11 Å². The maximum absolute atomic E-state index is 8.77. The quantitative estimate of drug-likeness (QED) is 0.759. The van der Waals surface area contributed by atoms with Crippen molar-refractivity contribution in [2.75, 3.05) is 6.61 Å². The van der Waals surface area contributed by atoms with Crippen LogP contribution < -0.4 is 0 Å². The van der Waals surface area contributed by atoms with Gasteiger partial charge >= 0.3 is 0 Å². The molecule has 0 saturated carbocycles. The standard InChI is InChI=1S/C10H10ClNO/c11-9-6-12-10-2-1-7(3-4-13)5-8(9)10/h1-2,5-6,12-13H,3-4H2. The molecule has 1 aromatic carbocycles. The minimum absolute atomic E-state index is 0.174. The Morgan fingerprint density at radius 2 is 2.23 bits per heavy atom. The van der Waals surface area contributed by atoms with Gasteiger partial charge in [0.05, 0.1) is 5.02 Å². The third-order valence-electron chi connectivity index (χ3n) is 2.10. The van der Waals surface area contributed by atoms with E-state index in [0.29, 0.717) is 6.42 Å². The Morgan fingerprint density at radius 3 is 3.00 bits per heavy atom. The van der Waals surface area contributed by atoms with Gasteiger partial charge in [0.1, 0.15) is 0 Å². The van der Waals surface area contributed by atoms with E-state index in [1.54, 1.807) is 6.20 Å². The Morgan fingerprint density at radius 1 is 1.38 bits per heavy atom. The monoisotopic (exact) mass is 195 g/mol. The van der Waals surface area contributed by atoms with Crippen LogP contribution in [0, 0.1) is 0 Å². The fourth-order valence-electron chi connectivity index (χ4n) is 1.42. The molecule has 2 aromatic rings. The molecule has 1 aromatic heterocycles. The van der Waals surface area contributed by atoms with Gasteiger partial charge in [-0.1, -0.05) is 17.7 Å². The zero-order valence-corrected chi connectivity index (χ0v) is 7.80. The second-order valence-corrected chi connectivity index (χ2v) is 3.40. The second kappa shape index (κ2) is 3.40. The summed E-state index contributed by atoms with van der Waals surface area (Å²) in [5, 5.41) is 10.5. The molecule has 13 heavy (non-hydrogen) atoms. The predicted molar refractivity (Wildman–Crippen MR) is 54.1 cm³/mol. The van der Waals surface area contributed by atoms with Gasteiger partial charge in [-0.15, -0.1) is 0 Å². The Labute approximate surface area is 81.1 Å². The van der Waals surface area contributed by atoms with E-state index in [-0.39, 0.29) is 6.61 Å². The topological polar surface area (TPSA) is 36.0 Å². The van der Waals surface area contributed by atoms with E-state index in [0.717, 1.165) is 21.5 Å². The number of halogens is 1. The third kappa shape index (κ3) is 1.55. The zero-order chi connectivity index (χ0) is 9.26. The second-order valence-electron chi connectivity index (χ2n) is 2.99. The van der Waals surface area contributed by atoms with Crippen LogP contribution in [0.2, 0.25) is 5.02 Å². The van der Waals surface area contributed by atoms with Crippen molar-refractivity contribution in [3.63, 3.8) is 0 Å². The van der Waals surface area contributed by atoms with Crippen LogP contribution in [0.5, 0.6) is 0 Å². The number of hydrogen-bond donors (Lipinski definition) is 2. The van der Waals surface area contributed by atoms with Gasteiger partial charge in [0.15, 0.2) is 0 Å². The first-order chi connectivity index (χ1) is 6.31. The highest BCUT2D eigenvalue weighted by atomic mass is 35.5. The number of fused-ring (bicyclic) bond motifs is 1. The third-order valence-corrected chi connectivity index (χ3v) is 2.41. The lowest BCUT2D eigenvalue weighted by atomic mass is 10.1. The van der Waals surface area contributed by atoms with Crippen LogP contribution in [-0.4, -0.2) is 16.7 Å². The molecule has 0 aliphatic heterocycles. The van der Waals surface area contributed by atoms with Crippen molar-refractivity contribution in [3.8, 4) is 0 Å². The van der Waals surface area contributed by atoms with Crippen molar-refractivity contribution in [2.45, 2.75) is 6.42 Å². The number of benzene rings is 1. The molecule has 0 spiro atoms. The first kappa shape index (κ1) is 8.60. The number of rotatable bonds is 2. The number of aliphatic hydroxyl groups excluding tert-OH is 1. The highest BCUT2D eigenvalue weighted by Crippen LogP contribution is 2.23. The summed E-state index contributed by atoms with van der Waals surface area (Å²) < 4.78 is 0. The number of hydrogen-bond acceptors (Lipinski definition) is 1. The molecule has 0 aliphatic carbocycles. The van der Waals surface area contributed by atoms with Crippen LogP contribution >= 0.6 is 11.6 Å². The lowest BCUT2D eigenvalue weighted by Crippen LogP contribution is -1.89. The summed E-state index contributed by atoms with van der Waals surface area (Å²) in [6.45, 7) is 0.174. The summed E-state index contributed by atoms with van der Waals surface area (Å²) in [4.78, 5) is 3.06. The molecule has 68 valence electrons. The van der Waals surface area contributed by atoms with Crippen molar-refractivity contribution in [1.82, 2.24) is 4.98 Å². The molecule has 2 nitrogen and oxygen atoms in total. The van der Waals surface area contributed by atoms with E-state index < -0.39 is 0 Å². The summed E-state index contributed by atoms with van der Waals surface area (Å²) in [7, 11) is 0. The van der Waals surface area contributed by atoms with Gasteiger partial charge in [-0.05, 0) is 24.1 Å². The van der Waals surface area contributed by atoms with Gasteiger partial charge < -0.3 is 10.1 Å². The number of aromatic amines is 1. The highest BCUT2D eigenvalue weighted by molar-refractivity contribution is 6.35. The van der Waals surface area contributed by atoms with E-state index in [4.69, 9.17) is 16.7 Å². The summed E-state index contributed by atoms with van der Waals surface area (Å²) in [5.41, 5.74) is 2.14. The van der Waals surface area contributed by atoms with Gasteiger partial charge in [-0.3, -0.25) is 0 Å². The maximum atomic E-state index is 8.77. The predicted octanol–water partition coefficient (Wildman–Crippen LogP) is 2.36. The van der Waals surface area contributed by atoms with E-state index >= 15 is 0 Å². The molecule has 0 aliphatic rings. The molecule has 0 atom stereocenters. The molecule has 2 N–H and O–H groups in total. The van der Waals surface area contributed by atoms with Crippen LogP contribution in [0.1, 0.15) is 5.56 Å². The number of aliphatic hydroxyl groups is 1. The molecule has 0 radical (unpaired) electrons. The SMILES string of the molecule is OCCc1ccc2[nH]cc(Cl)c2c1. The maximum Gasteiger partial charge on any atom is 0.0659 e. The fourth-order valence-corrected chi connectivity index (χ4v) is 1.63. The Balaban J connectivity index is 2.53. The average Bonchev–Trinajstić information content (AvgIpc) is 2.49. The van der Waals surface area contributed by atoms with Crippen LogP contribution in [0.4, 0.5) is 0 Å². The molecule has 0 amide bonds. The largest absolute Gasteiger partial charge is 0.396 e. The fraction of sp³-hybridized carbons (Fsp3) is 0.200. The summed E-state index contributed by atoms with van der Waals surface area (Å²) in [6, 6.07) is 5.97. The van der Waals surface area contributed by atoms with Crippen LogP contribution in [0.3, 0.4) is 0 Å². The summed E-state index contributed by atoms with van der Waals surface area (Å²) in [5.74, 6) is 0. The van der Waals surface area contributed by atoms with E-state index in [1.807, 2.05) is 18.2 Å². The van der Waals surface area contributed by atoms with Crippen LogP contribution in [0.25, 0.3) is 10.9 Å². The van der Waals surface area contributed by atoms with E-state index in [9.17, 15) is 0 Å². The highest BCUT2D eigenvalue weighted by Gasteiger charge is 2.01. The van der Waals surface area contributed by atoms with E-state index in [1.165, 1.54) is 0 Å². The normalized spacial score (nSPS) is 10.9. The molecule has 0 saturated heterocycles. The summed E-state index contributed by atoms with van der Waals surface area (Å²) in [6.07, 6.45) is 2.45. The minimum Gasteiger partial charge on any atom is -0.396 e. The van der Waals surface area contributed by atoms with Crippen LogP contribution in [0.15, 0.2) is 24.4 Å². The van der Waals surface area contributed by atoms with Gasteiger partial charge in [0.2, 0.25) is 0 Å². The first-order valence-electron chi connectivity index (χ1n) is 4.17. The molecule has 0 fully saturated rings. The van der Waals surface area contributed by atoms with E-state index in [2.05, 4.69) is 4.98 Å². The molecule has 0 bridgehead atoms. The lowest BCUT2D eigenvalue weighted by Gasteiger charge is -1.98. The van der Waals surface area contributed by atoms with Gasteiger partial charge in [-0.2, -0.15) is 0 Å². The molecular weight excluding hydrogens is 186 g/mol. The van der Waals surface area contributed by atoms with Crippen molar-refractivity contribution in [3.05, 3.63) is 35.0 Å². The molecule has 1 heterocycles. The average molecular weight is 196 g/mol. The Hall–Kier alpha value is -0.990. The molecular formula is C10H10ClNO. The number of nitrogens with one attached hydrogen (secondary N) is 1. The molecule has 2 rings (SSSR count). The summed E-state index contributed by atoms with van der Waals surface area (Å²) >= 11 is 5.95. The van der Waals surface area contributed by atoms with Crippen LogP contribution in [-0.2, 0) is 6.42 Å². The number of aromatic nitrogens is 1. The Bertz CT molecular complexity index is 422. The van der Waals surface area contributed by atoms with Crippen molar-refractivity contribution in [2.24, 2.45) is 0 Å². The van der Waals surface area contributed by atoms with Crippen molar-refractivity contribution >= 4 is 22.5 Å². The molecule has 0 unspecified atom stereocenters.